The number of anilines is 1. The second-order valence-corrected chi connectivity index (χ2v) is 8.73. The first-order valence-corrected chi connectivity index (χ1v) is 12.0. The molecule has 0 aliphatic carbocycles. The van der Waals surface area contributed by atoms with Gasteiger partial charge in [0.2, 0.25) is 5.84 Å². The van der Waals surface area contributed by atoms with E-state index in [2.05, 4.69) is 5.10 Å². The van der Waals surface area contributed by atoms with Gasteiger partial charge in [0.15, 0.2) is 17.7 Å². The first kappa shape index (κ1) is 23.5. The molecule has 6 rings (SSSR count). The fourth-order valence-corrected chi connectivity index (χ4v) is 4.74. The monoisotopic (exact) mass is 513 g/mol. The Labute approximate surface area is 218 Å². The zero-order chi connectivity index (χ0) is 26.2. The summed E-state index contributed by atoms with van der Waals surface area (Å²) in [6, 6.07) is 21.3. The lowest BCUT2D eigenvalue weighted by molar-refractivity contribution is -0.139. The summed E-state index contributed by atoms with van der Waals surface area (Å²) in [6.45, 7) is 0.666. The Morgan fingerprint density at radius 1 is 0.947 bits per heavy atom. The molecule has 9 nitrogen and oxygen atoms in total. The van der Waals surface area contributed by atoms with E-state index in [9.17, 15) is 9.18 Å². The molecule has 0 amide bonds. The van der Waals surface area contributed by atoms with Crippen molar-refractivity contribution >= 4 is 17.5 Å². The molecule has 1 fully saturated rings. The Morgan fingerprint density at radius 2 is 1.71 bits per heavy atom. The van der Waals surface area contributed by atoms with Gasteiger partial charge in [-0.15, -0.1) is 5.10 Å². The molecule has 1 unspecified atom stereocenters. The third-order valence-corrected chi connectivity index (χ3v) is 6.54. The lowest BCUT2D eigenvalue weighted by atomic mass is 10.0. The highest BCUT2D eigenvalue weighted by atomic mass is 19.1. The smallest absolute Gasteiger partial charge is 0.376 e. The molecule has 0 spiro atoms. The maximum absolute atomic E-state index is 13.8. The molecule has 2 aliphatic heterocycles. The van der Waals surface area contributed by atoms with Gasteiger partial charge in [0, 0.05) is 17.3 Å². The largest absolute Gasteiger partial charge is 0.493 e. The number of amidine groups is 1. The maximum atomic E-state index is 13.8. The number of ether oxygens (including phenoxy) is 3. The van der Waals surface area contributed by atoms with Crippen LogP contribution in [0.15, 0.2) is 84.1 Å². The summed E-state index contributed by atoms with van der Waals surface area (Å²) in [6.07, 6.45) is 1.39. The maximum Gasteiger partial charge on any atom is 0.376 e. The number of cyclic esters (lactones) is 1. The number of morpholine rings is 1. The number of rotatable bonds is 6. The topological polar surface area (TPSA) is 81.4 Å². The van der Waals surface area contributed by atoms with E-state index in [-0.39, 0.29) is 18.3 Å². The van der Waals surface area contributed by atoms with Crippen LogP contribution < -0.4 is 14.5 Å². The third kappa shape index (κ3) is 4.00. The third-order valence-electron chi connectivity index (χ3n) is 6.54. The number of hydrazone groups is 1. The normalized spacial score (nSPS) is 16.7. The van der Waals surface area contributed by atoms with Gasteiger partial charge in [0.05, 0.1) is 32.1 Å². The van der Waals surface area contributed by atoms with Crippen molar-refractivity contribution in [1.29, 1.82) is 0 Å². The van der Waals surface area contributed by atoms with Crippen molar-refractivity contribution < 1.29 is 23.4 Å². The minimum atomic E-state index is -0.538. The van der Waals surface area contributed by atoms with Crippen LogP contribution in [0.1, 0.15) is 11.7 Å². The van der Waals surface area contributed by atoms with Crippen LogP contribution in [-0.2, 0) is 9.53 Å². The predicted molar refractivity (Wildman–Crippen MR) is 139 cm³/mol. The Hall–Kier alpha value is -4.86. The quantitative estimate of drug-likeness (QED) is 0.354. The number of hydrogen-bond acceptors (Lipinski definition) is 8. The summed E-state index contributed by atoms with van der Waals surface area (Å²) in [4.78, 5) is 14.6. The molecule has 10 heteroatoms. The average Bonchev–Trinajstić information content (AvgIpc) is 3.56. The molecule has 192 valence electrons. The van der Waals surface area contributed by atoms with Crippen molar-refractivity contribution in [2.24, 2.45) is 5.10 Å². The van der Waals surface area contributed by atoms with Crippen molar-refractivity contribution in [3.63, 3.8) is 0 Å². The zero-order valence-corrected chi connectivity index (χ0v) is 20.7. The summed E-state index contributed by atoms with van der Waals surface area (Å²) >= 11 is 0. The van der Waals surface area contributed by atoms with Crippen LogP contribution in [0.25, 0.3) is 16.9 Å². The van der Waals surface area contributed by atoms with Gasteiger partial charge >= 0.3 is 5.97 Å². The summed E-state index contributed by atoms with van der Waals surface area (Å²) < 4.78 is 31.8. The highest BCUT2D eigenvalue weighted by molar-refractivity contribution is 6.36. The molecule has 0 N–H and O–H groups in total. The molecule has 38 heavy (non-hydrogen) atoms. The molecular formula is C28H24FN5O4. The van der Waals surface area contributed by atoms with Crippen LogP contribution in [0.4, 0.5) is 10.1 Å². The Morgan fingerprint density at radius 3 is 2.45 bits per heavy atom. The van der Waals surface area contributed by atoms with E-state index in [1.165, 1.54) is 12.1 Å². The molecule has 4 aromatic rings. The number of halogens is 1. The van der Waals surface area contributed by atoms with Gasteiger partial charge < -0.3 is 19.1 Å². The summed E-state index contributed by atoms with van der Waals surface area (Å²) in [5.41, 5.74) is 3.74. The van der Waals surface area contributed by atoms with Crippen LogP contribution in [0.2, 0.25) is 0 Å². The van der Waals surface area contributed by atoms with E-state index < -0.39 is 12.1 Å². The van der Waals surface area contributed by atoms with E-state index in [1.807, 2.05) is 59.6 Å². The van der Waals surface area contributed by atoms with Gasteiger partial charge in [0.25, 0.3) is 0 Å². The molecular weight excluding hydrogens is 489 g/mol. The van der Waals surface area contributed by atoms with E-state index in [4.69, 9.17) is 19.3 Å². The van der Waals surface area contributed by atoms with Crippen molar-refractivity contribution in [3.8, 4) is 28.4 Å². The van der Waals surface area contributed by atoms with E-state index >= 15 is 0 Å². The highest BCUT2D eigenvalue weighted by Crippen LogP contribution is 2.42. The standard InChI is InChI=1S/C28H24FN5O4/c1-36-23-13-8-18(16-24(23)37-2)25-22(17-33(30-25)20-6-4-3-5-7-20)27-32-14-15-38-28(35)26(32)31-34(27)21-11-9-19(29)10-12-21/h3-13,16-17,27H,14-15H2,1-2H3. The van der Waals surface area contributed by atoms with Gasteiger partial charge in [-0.25, -0.2) is 18.9 Å². The van der Waals surface area contributed by atoms with Crippen LogP contribution in [-0.4, -0.2) is 53.9 Å². The number of carbonyl (C=O) groups is 1. The van der Waals surface area contributed by atoms with Crippen molar-refractivity contribution in [2.45, 2.75) is 6.17 Å². The molecule has 1 aromatic heterocycles. The number of nitrogens with zero attached hydrogens (tertiary/aromatic N) is 5. The Balaban J connectivity index is 1.55. The van der Waals surface area contributed by atoms with Crippen molar-refractivity contribution in [3.05, 3.63) is 90.4 Å². The van der Waals surface area contributed by atoms with Gasteiger partial charge in [-0.05, 0) is 54.6 Å². The number of esters is 1. The Kier molecular flexibility index (Phi) is 5.91. The van der Waals surface area contributed by atoms with Crippen LogP contribution >= 0.6 is 0 Å². The van der Waals surface area contributed by atoms with Gasteiger partial charge in [-0.2, -0.15) is 5.10 Å². The minimum absolute atomic E-state index is 0.191. The van der Waals surface area contributed by atoms with Gasteiger partial charge in [-0.1, -0.05) is 18.2 Å². The lowest BCUT2D eigenvalue weighted by Gasteiger charge is -2.33. The fourth-order valence-electron chi connectivity index (χ4n) is 4.74. The Bertz CT molecular complexity index is 1520. The van der Waals surface area contributed by atoms with E-state index in [1.54, 1.807) is 36.0 Å². The second-order valence-electron chi connectivity index (χ2n) is 8.73. The van der Waals surface area contributed by atoms with Crippen molar-refractivity contribution in [1.82, 2.24) is 14.7 Å². The van der Waals surface area contributed by atoms with E-state index in [0.717, 1.165) is 16.8 Å². The lowest BCUT2D eigenvalue weighted by Crippen LogP contribution is -2.45. The summed E-state index contributed by atoms with van der Waals surface area (Å²) in [7, 11) is 3.16. The molecule has 0 radical (unpaired) electrons. The summed E-state index contributed by atoms with van der Waals surface area (Å²) in [5.74, 6) is 0.478. The molecule has 2 aliphatic rings. The molecule has 0 saturated carbocycles. The number of fused-ring (bicyclic) bond motifs is 1. The summed E-state index contributed by atoms with van der Waals surface area (Å²) in [5, 5.41) is 11.3. The fraction of sp³-hybridized carbons (Fsp3) is 0.179. The first-order chi connectivity index (χ1) is 18.6. The predicted octanol–water partition coefficient (Wildman–Crippen LogP) is 4.39. The second kappa shape index (κ2) is 9.55. The number of hydrogen-bond donors (Lipinski definition) is 0. The highest BCUT2D eigenvalue weighted by Gasteiger charge is 2.44. The number of benzene rings is 3. The first-order valence-electron chi connectivity index (χ1n) is 12.0. The molecule has 1 atom stereocenters. The number of methoxy groups -OCH3 is 2. The van der Waals surface area contributed by atoms with E-state index in [0.29, 0.717) is 29.4 Å². The minimum Gasteiger partial charge on any atom is -0.493 e. The number of carbonyl (C=O) groups excluding carboxylic acids is 1. The van der Waals surface area contributed by atoms with Crippen LogP contribution in [0.5, 0.6) is 11.5 Å². The molecule has 0 bridgehead atoms. The SMILES string of the molecule is COc1ccc(-c2nn(-c3ccccc3)cc2C2N3CCOC(=O)C3=NN2c2ccc(F)cc2)cc1OC. The number of aromatic nitrogens is 2. The van der Waals surface area contributed by atoms with Gasteiger partial charge in [0.1, 0.15) is 18.1 Å². The zero-order valence-electron chi connectivity index (χ0n) is 20.7. The van der Waals surface area contributed by atoms with Crippen molar-refractivity contribution in [2.75, 3.05) is 32.4 Å². The van der Waals surface area contributed by atoms with Crippen LogP contribution in [0.3, 0.4) is 0 Å². The number of para-hydroxylation sites is 1. The molecule has 3 heterocycles. The molecule has 3 aromatic carbocycles. The van der Waals surface area contributed by atoms with Crippen LogP contribution in [0, 0.1) is 5.82 Å². The van der Waals surface area contributed by atoms with Gasteiger partial charge in [-0.3, -0.25) is 0 Å². The molecule has 1 saturated heterocycles. The average molecular weight is 514 g/mol.